The van der Waals surface area contributed by atoms with E-state index < -0.39 is 0 Å². The number of rotatable bonds is 2. The predicted octanol–water partition coefficient (Wildman–Crippen LogP) is 3.63. The van der Waals surface area contributed by atoms with Crippen molar-refractivity contribution in [3.05, 3.63) is 39.2 Å². The molecule has 1 aliphatic rings. The van der Waals surface area contributed by atoms with Gasteiger partial charge in [-0.25, -0.2) is 0 Å². The zero-order valence-corrected chi connectivity index (χ0v) is 13.6. The minimum absolute atomic E-state index is 0.0596. The van der Waals surface area contributed by atoms with Crippen LogP contribution in [-0.4, -0.2) is 23.1 Å². The van der Waals surface area contributed by atoms with Gasteiger partial charge in [0.1, 0.15) is 22.6 Å². The fraction of sp³-hybridized carbons (Fsp3) is 0.471. The molecule has 3 rings (SSSR count). The van der Waals surface area contributed by atoms with Crippen LogP contribution in [0.25, 0.3) is 11.0 Å². The van der Waals surface area contributed by atoms with Crippen LogP contribution in [0.2, 0.25) is 5.02 Å². The van der Waals surface area contributed by atoms with Gasteiger partial charge in [0.15, 0.2) is 0 Å². The van der Waals surface area contributed by atoms with Crippen LogP contribution in [0, 0.1) is 11.8 Å². The summed E-state index contributed by atoms with van der Waals surface area (Å²) in [6.45, 7) is 7.02. The van der Waals surface area contributed by atoms with Crippen molar-refractivity contribution in [2.24, 2.45) is 11.8 Å². The molecule has 0 bridgehead atoms. The molecule has 0 spiro atoms. The quantitative estimate of drug-likeness (QED) is 0.917. The van der Waals surface area contributed by atoms with Crippen molar-refractivity contribution >= 4 is 22.6 Å². The Morgan fingerprint density at radius 3 is 2.68 bits per heavy atom. The van der Waals surface area contributed by atoms with E-state index in [0.717, 1.165) is 13.1 Å². The van der Waals surface area contributed by atoms with Crippen LogP contribution in [0.1, 0.15) is 25.8 Å². The second-order valence-electron chi connectivity index (χ2n) is 6.49. The van der Waals surface area contributed by atoms with Crippen molar-refractivity contribution in [1.29, 1.82) is 0 Å². The lowest BCUT2D eigenvalue weighted by atomic mass is 9.91. The second-order valence-corrected chi connectivity index (χ2v) is 6.90. The third-order valence-corrected chi connectivity index (χ3v) is 4.56. The molecule has 22 heavy (non-hydrogen) atoms. The van der Waals surface area contributed by atoms with E-state index in [-0.39, 0.29) is 16.2 Å². The van der Waals surface area contributed by atoms with E-state index in [9.17, 15) is 9.90 Å². The first-order valence-corrected chi connectivity index (χ1v) is 7.97. The summed E-state index contributed by atoms with van der Waals surface area (Å²) in [5, 5.41) is 10.7. The highest BCUT2D eigenvalue weighted by molar-refractivity contribution is 6.30. The van der Waals surface area contributed by atoms with Gasteiger partial charge in [-0.3, -0.25) is 9.69 Å². The first-order chi connectivity index (χ1) is 10.5. The molecule has 1 aliphatic heterocycles. The number of aromatic hydroxyl groups is 1. The fourth-order valence-electron chi connectivity index (χ4n) is 3.52. The highest BCUT2D eigenvalue weighted by atomic mass is 35.5. The Bertz CT molecular complexity index is 745. The molecule has 118 valence electrons. The zero-order valence-electron chi connectivity index (χ0n) is 12.8. The number of nitrogens with zero attached hydrogens (tertiary/aromatic N) is 1. The van der Waals surface area contributed by atoms with Crippen LogP contribution in [0.15, 0.2) is 27.6 Å². The van der Waals surface area contributed by atoms with Crippen LogP contribution >= 0.6 is 11.6 Å². The van der Waals surface area contributed by atoms with Crippen molar-refractivity contribution in [1.82, 2.24) is 4.90 Å². The third kappa shape index (κ3) is 2.85. The third-order valence-electron chi connectivity index (χ3n) is 4.30. The van der Waals surface area contributed by atoms with Crippen LogP contribution in [-0.2, 0) is 6.54 Å². The molecule has 1 aromatic carbocycles. The number of likely N-dealkylation sites (tertiary alicyclic amines) is 1. The molecule has 0 saturated carbocycles. The van der Waals surface area contributed by atoms with E-state index in [1.54, 1.807) is 12.1 Å². The standard InChI is InChI=1S/C17H20ClNO3/c1-10-5-11(2)7-19(6-10)8-13-15(20)4-3-12-16(21)14(18)9-22-17(12)13/h3-4,9-11,20H,5-8H2,1-2H3. The molecule has 0 amide bonds. The number of phenolic OH excluding ortho intramolecular Hbond substituents is 1. The molecule has 2 heterocycles. The van der Waals surface area contributed by atoms with Gasteiger partial charge in [0.2, 0.25) is 5.43 Å². The number of benzene rings is 1. The highest BCUT2D eigenvalue weighted by Crippen LogP contribution is 2.30. The van der Waals surface area contributed by atoms with Gasteiger partial charge >= 0.3 is 0 Å². The Morgan fingerprint density at radius 2 is 2.00 bits per heavy atom. The lowest BCUT2D eigenvalue weighted by molar-refractivity contribution is 0.133. The lowest BCUT2D eigenvalue weighted by Gasteiger charge is -2.35. The maximum Gasteiger partial charge on any atom is 0.211 e. The topological polar surface area (TPSA) is 53.7 Å². The molecule has 0 aliphatic carbocycles. The number of fused-ring (bicyclic) bond motifs is 1. The molecule has 1 fully saturated rings. The molecular formula is C17H20ClNO3. The maximum atomic E-state index is 12.1. The largest absolute Gasteiger partial charge is 0.507 e. The highest BCUT2D eigenvalue weighted by Gasteiger charge is 2.24. The summed E-state index contributed by atoms with van der Waals surface area (Å²) in [4.78, 5) is 14.4. The van der Waals surface area contributed by atoms with Crippen molar-refractivity contribution in [3.8, 4) is 5.75 Å². The lowest BCUT2D eigenvalue weighted by Crippen LogP contribution is -2.38. The fourth-order valence-corrected chi connectivity index (χ4v) is 3.67. The van der Waals surface area contributed by atoms with Crippen molar-refractivity contribution in [2.75, 3.05) is 13.1 Å². The Morgan fingerprint density at radius 1 is 1.32 bits per heavy atom. The van der Waals surface area contributed by atoms with Gasteiger partial charge in [-0.05, 0) is 30.4 Å². The first kappa shape index (κ1) is 15.4. The molecule has 2 atom stereocenters. The Kier molecular flexibility index (Phi) is 4.15. The molecule has 2 aromatic rings. The Balaban J connectivity index is 2.01. The van der Waals surface area contributed by atoms with Gasteiger partial charge in [-0.2, -0.15) is 0 Å². The summed E-state index contributed by atoms with van der Waals surface area (Å²) in [6, 6.07) is 3.11. The number of piperidine rings is 1. The number of hydrogen-bond donors (Lipinski definition) is 1. The number of halogens is 1. The van der Waals surface area contributed by atoms with Crippen LogP contribution < -0.4 is 5.43 Å². The first-order valence-electron chi connectivity index (χ1n) is 7.60. The van der Waals surface area contributed by atoms with Crippen molar-refractivity contribution in [3.63, 3.8) is 0 Å². The minimum Gasteiger partial charge on any atom is -0.507 e. The molecule has 1 saturated heterocycles. The van der Waals surface area contributed by atoms with Gasteiger partial charge in [-0.1, -0.05) is 25.4 Å². The minimum atomic E-state index is -0.260. The van der Waals surface area contributed by atoms with Gasteiger partial charge in [-0.15, -0.1) is 0 Å². The number of phenols is 1. The van der Waals surface area contributed by atoms with Crippen LogP contribution in [0.5, 0.6) is 5.75 Å². The van der Waals surface area contributed by atoms with Crippen molar-refractivity contribution in [2.45, 2.75) is 26.8 Å². The van der Waals surface area contributed by atoms with E-state index in [1.165, 1.54) is 12.7 Å². The summed E-state index contributed by atoms with van der Waals surface area (Å²) in [7, 11) is 0. The Hall–Kier alpha value is -1.52. The van der Waals surface area contributed by atoms with E-state index in [1.807, 2.05) is 0 Å². The molecule has 1 N–H and O–H groups in total. The zero-order chi connectivity index (χ0) is 15.9. The van der Waals surface area contributed by atoms with Crippen LogP contribution in [0.4, 0.5) is 0 Å². The summed E-state index contributed by atoms with van der Waals surface area (Å²) in [5.41, 5.74) is 0.831. The average molecular weight is 322 g/mol. The molecule has 1 aromatic heterocycles. The van der Waals surface area contributed by atoms with E-state index in [2.05, 4.69) is 18.7 Å². The molecular weight excluding hydrogens is 302 g/mol. The summed E-state index contributed by atoms with van der Waals surface area (Å²) in [6.07, 6.45) is 2.47. The number of hydrogen-bond acceptors (Lipinski definition) is 4. The van der Waals surface area contributed by atoms with E-state index in [4.69, 9.17) is 16.0 Å². The molecule has 2 unspecified atom stereocenters. The molecule has 0 radical (unpaired) electrons. The normalized spacial score (nSPS) is 23.0. The van der Waals surface area contributed by atoms with Gasteiger partial charge in [0, 0.05) is 19.6 Å². The van der Waals surface area contributed by atoms with E-state index >= 15 is 0 Å². The van der Waals surface area contributed by atoms with Gasteiger partial charge in [0.25, 0.3) is 0 Å². The van der Waals surface area contributed by atoms with E-state index in [0.29, 0.717) is 34.9 Å². The maximum absolute atomic E-state index is 12.1. The van der Waals surface area contributed by atoms with Gasteiger partial charge in [0.05, 0.1) is 10.9 Å². The summed E-state index contributed by atoms with van der Waals surface area (Å²) in [5.74, 6) is 1.41. The monoisotopic (exact) mass is 321 g/mol. The second kappa shape index (κ2) is 5.94. The van der Waals surface area contributed by atoms with Crippen molar-refractivity contribution < 1.29 is 9.52 Å². The summed E-state index contributed by atoms with van der Waals surface area (Å²) >= 11 is 5.83. The SMILES string of the molecule is CC1CC(C)CN(Cc2c(O)ccc3c(=O)c(Cl)coc23)C1. The summed E-state index contributed by atoms with van der Waals surface area (Å²) < 4.78 is 5.51. The van der Waals surface area contributed by atoms with Crippen LogP contribution in [0.3, 0.4) is 0 Å². The Labute approximate surface area is 134 Å². The molecule has 4 nitrogen and oxygen atoms in total. The van der Waals surface area contributed by atoms with Gasteiger partial charge < -0.3 is 9.52 Å². The average Bonchev–Trinajstić information content (AvgIpc) is 2.45. The predicted molar refractivity (Wildman–Crippen MR) is 87.4 cm³/mol. The smallest absolute Gasteiger partial charge is 0.211 e. The molecule has 5 heteroatoms.